The Morgan fingerprint density at radius 1 is 1.47 bits per heavy atom. The number of Topliss-reactive ketones (excluding diaryl/α,β-unsaturated/α-hetero) is 1. The minimum atomic E-state index is 0.139. The Kier molecular flexibility index (Phi) is 3.33. The molecule has 2 rings (SSSR count). The van der Waals surface area contributed by atoms with Crippen LogP contribution in [0, 0.1) is 6.92 Å². The zero-order valence-electron chi connectivity index (χ0n) is 7.99. The fourth-order valence-corrected chi connectivity index (χ4v) is 3.31. The number of thiazole rings is 1. The van der Waals surface area contributed by atoms with Crippen molar-refractivity contribution in [3.05, 3.63) is 36.9 Å². The van der Waals surface area contributed by atoms with Gasteiger partial charge in [0.25, 0.3) is 0 Å². The Morgan fingerprint density at radius 3 is 2.80 bits per heavy atom. The van der Waals surface area contributed by atoms with Gasteiger partial charge in [-0.3, -0.25) is 4.79 Å². The molecule has 0 fully saturated rings. The van der Waals surface area contributed by atoms with Crippen molar-refractivity contribution in [2.24, 2.45) is 0 Å². The molecule has 0 aliphatic rings. The van der Waals surface area contributed by atoms with Crippen molar-refractivity contribution in [3.63, 3.8) is 0 Å². The van der Waals surface area contributed by atoms with Crippen LogP contribution in [0.25, 0.3) is 0 Å². The highest BCUT2D eigenvalue weighted by molar-refractivity contribution is 9.10. The van der Waals surface area contributed by atoms with Crippen molar-refractivity contribution in [2.75, 3.05) is 0 Å². The predicted octanol–water partition coefficient (Wildman–Crippen LogP) is 3.70. The summed E-state index contributed by atoms with van der Waals surface area (Å²) >= 11 is 6.34. The molecule has 2 heterocycles. The van der Waals surface area contributed by atoms with Gasteiger partial charge < -0.3 is 0 Å². The summed E-state index contributed by atoms with van der Waals surface area (Å²) in [4.78, 5) is 16.9. The number of aryl methyl sites for hydroxylation is 1. The normalized spacial score (nSPS) is 10.5. The first kappa shape index (κ1) is 11.0. The first-order valence-electron chi connectivity index (χ1n) is 4.33. The van der Waals surface area contributed by atoms with Crippen LogP contribution in [0.15, 0.2) is 21.3 Å². The molecule has 0 aliphatic carbocycles. The molecule has 0 aromatic carbocycles. The van der Waals surface area contributed by atoms with Gasteiger partial charge >= 0.3 is 0 Å². The summed E-state index contributed by atoms with van der Waals surface area (Å²) in [7, 11) is 0. The smallest absolute Gasteiger partial charge is 0.179 e. The number of hydrogen-bond donors (Lipinski definition) is 0. The molecule has 0 bridgehead atoms. The van der Waals surface area contributed by atoms with E-state index in [0.29, 0.717) is 6.42 Å². The molecule has 2 aromatic heterocycles. The summed E-state index contributed by atoms with van der Waals surface area (Å²) in [6.45, 7) is 1.94. The Morgan fingerprint density at radius 2 is 2.27 bits per heavy atom. The molecule has 2 nitrogen and oxygen atoms in total. The Balaban J connectivity index is 2.10. The number of thiophene rings is 1. The summed E-state index contributed by atoms with van der Waals surface area (Å²) in [5.41, 5.74) is 0.982. The van der Waals surface area contributed by atoms with Gasteiger partial charge in [-0.25, -0.2) is 4.98 Å². The highest BCUT2D eigenvalue weighted by Crippen LogP contribution is 2.22. The minimum absolute atomic E-state index is 0.139. The lowest BCUT2D eigenvalue weighted by atomic mass is 10.2. The van der Waals surface area contributed by atoms with E-state index in [4.69, 9.17) is 0 Å². The minimum Gasteiger partial charge on any atom is -0.293 e. The van der Waals surface area contributed by atoms with Crippen LogP contribution < -0.4 is 0 Å². The maximum absolute atomic E-state index is 11.8. The average molecular weight is 302 g/mol. The van der Waals surface area contributed by atoms with Crippen LogP contribution in [0.2, 0.25) is 0 Å². The van der Waals surface area contributed by atoms with Crippen molar-refractivity contribution in [2.45, 2.75) is 13.3 Å². The second-order valence-corrected chi connectivity index (χ2v) is 5.88. The van der Waals surface area contributed by atoms with E-state index in [0.717, 1.165) is 20.1 Å². The van der Waals surface area contributed by atoms with Crippen LogP contribution in [0.3, 0.4) is 0 Å². The molecule has 15 heavy (non-hydrogen) atoms. The lowest BCUT2D eigenvalue weighted by Gasteiger charge is -1.92. The third kappa shape index (κ3) is 2.74. The number of carbonyl (C=O) groups excluding carboxylic acids is 1. The SMILES string of the molecule is Cc1csc(CC(=O)c2cc(Br)cs2)n1. The molecule has 0 saturated heterocycles. The summed E-state index contributed by atoms with van der Waals surface area (Å²) in [5.74, 6) is 0.139. The van der Waals surface area contributed by atoms with Crippen LogP contribution in [0.1, 0.15) is 20.4 Å². The second kappa shape index (κ2) is 4.55. The van der Waals surface area contributed by atoms with E-state index < -0.39 is 0 Å². The van der Waals surface area contributed by atoms with E-state index in [1.54, 1.807) is 11.3 Å². The quantitative estimate of drug-likeness (QED) is 0.809. The zero-order chi connectivity index (χ0) is 10.8. The van der Waals surface area contributed by atoms with Crippen molar-refractivity contribution in [3.8, 4) is 0 Å². The number of hydrogen-bond acceptors (Lipinski definition) is 4. The highest BCUT2D eigenvalue weighted by Gasteiger charge is 2.11. The maximum atomic E-state index is 11.8. The number of ketones is 1. The molecular formula is C10H8BrNOS2. The fraction of sp³-hybridized carbons (Fsp3) is 0.200. The van der Waals surface area contributed by atoms with Crippen molar-refractivity contribution in [1.82, 2.24) is 4.98 Å². The molecule has 2 aromatic rings. The van der Waals surface area contributed by atoms with Gasteiger partial charge in [0.1, 0.15) is 5.01 Å². The first-order chi connectivity index (χ1) is 7.15. The Labute approximate surface area is 104 Å². The molecule has 0 unspecified atom stereocenters. The Bertz CT molecular complexity index is 489. The van der Waals surface area contributed by atoms with Crippen LogP contribution in [-0.4, -0.2) is 10.8 Å². The van der Waals surface area contributed by atoms with Crippen LogP contribution in [-0.2, 0) is 6.42 Å². The molecule has 0 spiro atoms. The van der Waals surface area contributed by atoms with Crippen molar-refractivity contribution in [1.29, 1.82) is 0 Å². The van der Waals surface area contributed by atoms with Gasteiger partial charge in [0.05, 0.1) is 11.3 Å². The van der Waals surface area contributed by atoms with Crippen LogP contribution in [0.4, 0.5) is 0 Å². The van der Waals surface area contributed by atoms with E-state index in [1.165, 1.54) is 11.3 Å². The molecule has 5 heteroatoms. The molecule has 0 radical (unpaired) electrons. The number of rotatable bonds is 3. The molecule has 0 saturated carbocycles. The predicted molar refractivity (Wildman–Crippen MR) is 66.9 cm³/mol. The highest BCUT2D eigenvalue weighted by atomic mass is 79.9. The molecule has 0 aliphatic heterocycles. The van der Waals surface area contributed by atoms with Crippen LogP contribution in [0.5, 0.6) is 0 Å². The third-order valence-corrected chi connectivity index (χ3v) is 4.52. The van der Waals surface area contributed by atoms with Gasteiger partial charge in [0, 0.05) is 20.9 Å². The largest absolute Gasteiger partial charge is 0.293 e. The summed E-state index contributed by atoms with van der Waals surface area (Å²) in [6, 6.07) is 1.85. The van der Waals surface area contributed by atoms with E-state index in [2.05, 4.69) is 20.9 Å². The second-order valence-electron chi connectivity index (χ2n) is 3.11. The monoisotopic (exact) mass is 301 g/mol. The number of carbonyl (C=O) groups is 1. The Hall–Kier alpha value is -0.520. The number of aromatic nitrogens is 1. The van der Waals surface area contributed by atoms with Crippen LogP contribution >= 0.6 is 38.6 Å². The topological polar surface area (TPSA) is 30.0 Å². The zero-order valence-corrected chi connectivity index (χ0v) is 11.2. The van der Waals surface area contributed by atoms with Gasteiger partial charge in [-0.15, -0.1) is 22.7 Å². The van der Waals surface area contributed by atoms with E-state index in [1.807, 2.05) is 23.8 Å². The standard InChI is InChI=1S/C10H8BrNOS2/c1-6-4-15-10(12-6)3-8(13)9-2-7(11)5-14-9/h2,4-5H,3H2,1H3. The number of halogens is 1. The summed E-state index contributed by atoms with van der Waals surface area (Å²) in [6.07, 6.45) is 0.408. The summed E-state index contributed by atoms with van der Waals surface area (Å²) < 4.78 is 0.964. The molecule has 0 atom stereocenters. The van der Waals surface area contributed by atoms with Gasteiger partial charge in [-0.05, 0) is 28.9 Å². The lowest BCUT2D eigenvalue weighted by Crippen LogP contribution is -2.00. The molecular weight excluding hydrogens is 294 g/mol. The van der Waals surface area contributed by atoms with E-state index in [9.17, 15) is 4.79 Å². The van der Waals surface area contributed by atoms with Crippen molar-refractivity contribution < 1.29 is 4.79 Å². The van der Waals surface area contributed by atoms with Gasteiger partial charge in [-0.1, -0.05) is 0 Å². The van der Waals surface area contributed by atoms with Gasteiger partial charge in [0.2, 0.25) is 0 Å². The molecule has 0 N–H and O–H groups in total. The third-order valence-electron chi connectivity index (χ3n) is 1.82. The van der Waals surface area contributed by atoms with Gasteiger partial charge in [-0.2, -0.15) is 0 Å². The van der Waals surface area contributed by atoms with E-state index in [-0.39, 0.29) is 5.78 Å². The number of nitrogens with zero attached hydrogens (tertiary/aromatic N) is 1. The maximum Gasteiger partial charge on any atom is 0.179 e. The lowest BCUT2D eigenvalue weighted by molar-refractivity contribution is 0.0996. The first-order valence-corrected chi connectivity index (χ1v) is 6.88. The van der Waals surface area contributed by atoms with Crippen molar-refractivity contribution >= 4 is 44.4 Å². The average Bonchev–Trinajstić information content (AvgIpc) is 2.75. The summed E-state index contributed by atoms with van der Waals surface area (Å²) in [5, 5.41) is 4.77. The molecule has 0 amide bonds. The molecule has 78 valence electrons. The fourth-order valence-electron chi connectivity index (χ4n) is 1.17. The van der Waals surface area contributed by atoms with Gasteiger partial charge in [0.15, 0.2) is 5.78 Å². The van der Waals surface area contributed by atoms with E-state index >= 15 is 0 Å².